The molecule has 0 radical (unpaired) electrons. The highest BCUT2D eigenvalue weighted by Gasteiger charge is 2.32. The number of hydrogen-bond donors (Lipinski definition) is 2. The summed E-state index contributed by atoms with van der Waals surface area (Å²) in [7, 11) is 0. The molecule has 2 aliphatic carbocycles. The zero-order valence-electron chi connectivity index (χ0n) is 20.0. The van der Waals surface area contributed by atoms with E-state index in [1.165, 1.54) is 44.9 Å². The first-order valence-electron chi connectivity index (χ1n) is 12.8. The van der Waals surface area contributed by atoms with Gasteiger partial charge in [0.2, 0.25) is 5.88 Å². The van der Waals surface area contributed by atoms with Crippen molar-refractivity contribution in [1.82, 2.24) is 9.97 Å². The van der Waals surface area contributed by atoms with Crippen LogP contribution in [0.4, 0.5) is 5.82 Å². The normalized spacial score (nSPS) is 20.3. The van der Waals surface area contributed by atoms with Crippen molar-refractivity contribution in [3.05, 3.63) is 54.4 Å². The molecular formula is C29H35N3O2. The van der Waals surface area contributed by atoms with Crippen molar-refractivity contribution < 1.29 is 9.84 Å². The maximum Gasteiger partial charge on any atom is 0.210 e. The van der Waals surface area contributed by atoms with Gasteiger partial charge in [0.05, 0.1) is 6.61 Å². The van der Waals surface area contributed by atoms with Crippen LogP contribution in [0.25, 0.3) is 22.3 Å². The molecule has 2 aliphatic rings. The van der Waals surface area contributed by atoms with Crippen molar-refractivity contribution in [2.45, 2.75) is 58.3 Å². The molecule has 0 spiro atoms. The fourth-order valence-electron chi connectivity index (χ4n) is 5.90. The molecule has 5 nitrogen and oxygen atoms in total. The van der Waals surface area contributed by atoms with E-state index in [1.54, 1.807) is 18.5 Å². The fourth-order valence-corrected chi connectivity index (χ4v) is 5.90. The summed E-state index contributed by atoms with van der Waals surface area (Å²) in [5, 5.41) is 9.54. The number of pyridine rings is 2. The first-order valence-corrected chi connectivity index (χ1v) is 12.8. The van der Waals surface area contributed by atoms with Gasteiger partial charge in [-0.05, 0) is 72.8 Å². The highest BCUT2D eigenvalue weighted by Crippen LogP contribution is 2.42. The number of rotatable bonds is 8. The predicted molar refractivity (Wildman–Crippen MR) is 137 cm³/mol. The van der Waals surface area contributed by atoms with E-state index in [4.69, 9.17) is 10.5 Å². The molecule has 5 rings (SSSR count). The molecule has 0 saturated heterocycles. The Morgan fingerprint density at radius 1 is 0.912 bits per heavy atom. The van der Waals surface area contributed by atoms with Gasteiger partial charge in [-0.15, -0.1) is 0 Å². The smallest absolute Gasteiger partial charge is 0.210 e. The first-order chi connectivity index (χ1) is 16.6. The predicted octanol–water partition coefficient (Wildman–Crippen LogP) is 6.65. The average molecular weight is 458 g/mol. The molecule has 2 heterocycles. The second-order valence-corrected chi connectivity index (χ2v) is 10.1. The van der Waals surface area contributed by atoms with Crippen molar-refractivity contribution >= 4 is 5.82 Å². The second kappa shape index (κ2) is 10.0. The third-order valence-electron chi connectivity index (χ3n) is 7.73. The molecule has 0 unspecified atom stereocenters. The molecule has 2 fully saturated rings. The summed E-state index contributed by atoms with van der Waals surface area (Å²) in [5.74, 6) is 4.06. The Labute approximate surface area is 202 Å². The quantitative estimate of drug-likeness (QED) is 0.396. The fraction of sp³-hybridized carbons (Fsp3) is 0.448. The number of benzene rings is 1. The molecular weight excluding hydrogens is 422 g/mol. The Kier molecular flexibility index (Phi) is 6.70. The number of nitrogens with two attached hydrogens (primary N) is 1. The molecule has 0 bridgehead atoms. The van der Waals surface area contributed by atoms with Crippen LogP contribution in [0, 0.1) is 17.8 Å². The molecule has 34 heavy (non-hydrogen) atoms. The minimum atomic E-state index is 0.00671. The van der Waals surface area contributed by atoms with Crippen LogP contribution in [-0.2, 0) is 6.42 Å². The topological polar surface area (TPSA) is 81.3 Å². The number of nitrogen functional groups attached to an aromatic ring is 1. The molecule has 0 amide bonds. The van der Waals surface area contributed by atoms with E-state index < -0.39 is 0 Å². The second-order valence-electron chi connectivity index (χ2n) is 10.1. The molecule has 2 aromatic heterocycles. The highest BCUT2D eigenvalue weighted by molar-refractivity contribution is 5.84. The van der Waals surface area contributed by atoms with Gasteiger partial charge < -0.3 is 15.6 Å². The Hall–Kier alpha value is -3.08. The van der Waals surface area contributed by atoms with Crippen LogP contribution in [0.3, 0.4) is 0 Å². The lowest BCUT2D eigenvalue weighted by Crippen LogP contribution is -2.29. The molecule has 3 N–H and O–H groups in total. The van der Waals surface area contributed by atoms with Crippen LogP contribution in [0.1, 0.15) is 57.4 Å². The van der Waals surface area contributed by atoms with Gasteiger partial charge in [-0.2, -0.15) is 0 Å². The van der Waals surface area contributed by atoms with Crippen molar-refractivity contribution in [2.24, 2.45) is 17.8 Å². The molecule has 0 aliphatic heterocycles. The van der Waals surface area contributed by atoms with Crippen LogP contribution >= 0.6 is 0 Å². The first kappa shape index (κ1) is 22.7. The summed E-state index contributed by atoms with van der Waals surface area (Å²) < 4.78 is 6.13. The van der Waals surface area contributed by atoms with Gasteiger partial charge in [-0.25, -0.2) is 9.97 Å². The molecule has 178 valence electrons. The lowest BCUT2D eigenvalue weighted by Gasteiger charge is -2.36. The van der Waals surface area contributed by atoms with E-state index in [0.717, 1.165) is 58.4 Å². The Morgan fingerprint density at radius 3 is 2.32 bits per heavy atom. The molecule has 3 aromatic rings. The summed E-state index contributed by atoms with van der Waals surface area (Å²) in [6, 6.07) is 11.7. The summed E-state index contributed by atoms with van der Waals surface area (Å²) in [5.41, 5.74) is 11.3. The van der Waals surface area contributed by atoms with Crippen molar-refractivity contribution in [3.8, 4) is 33.9 Å². The van der Waals surface area contributed by atoms with E-state index in [-0.39, 0.29) is 5.88 Å². The van der Waals surface area contributed by atoms with E-state index in [1.807, 2.05) is 18.2 Å². The molecule has 1 aromatic carbocycles. The third kappa shape index (κ3) is 4.89. The zero-order valence-corrected chi connectivity index (χ0v) is 20.0. The average Bonchev–Trinajstić information content (AvgIpc) is 3.34. The van der Waals surface area contributed by atoms with Crippen molar-refractivity contribution in [1.29, 1.82) is 0 Å². The van der Waals surface area contributed by atoms with E-state index in [0.29, 0.717) is 11.7 Å². The third-order valence-corrected chi connectivity index (χ3v) is 7.73. The van der Waals surface area contributed by atoms with Gasteiger partial charge in [-0.3, -0.25) is 0 Å². The van der Waals surface area contributed by atoms with Gasteiger partial charge >= 0.3 is 0 Å². The van der Waals surface area contributed by atoms with E-state index in [2.05, 4.69) is 29.0 Å². The summed E-state index contributed by atoms with van der Waals surface area (Å²) in [4.78, 5) is 8.49. The number of aromatic hydroxyl groups is 1. The maximum atomic E-state index is 9.54. The molecule has 5 heteroatoms. The number of ether oxygens (including phenoxy) is 1. The number of nitrogens with zero attached hydrogens (tertiary/aromatic N) is 2. The molecule has 0 atom stereocenters. The minimum Gasteiger partial charge on any atom is -0.493 e. The Bertz CT molecular complexity index is 1100. The number of aromatic nitrogens is 2. The Morgan fingerprint density at radius 2 is 1.65 bits per heavy atom. The number of anilines is 1. The monoisotopic (exact) mass is 457 g/mol. The van der Waals surface area contributed by atoms with Crippen LogP contribution in [0.5, 0.6) is 11.6 Å². The number of hydrogen-bond acceptors (Lipinski definition) is 5. The maximum absolute atomic E-state index is 9.54. The van der Waals surface area contributed by atoms with Crippen molar-refractivity contribution in [2.75, 3.05) is 12.3 Å². The van der Waals surface area contributed by atoms with E-state index in [9.17, 15) is 5.11 Å². The van der Waals surface area contributed by atoms with Gasteiger partial charge in [0.1, 0.15) is 11.6 Å². The lowest BCUT2D eigenvalue weighted by atomic mass is 9.71. The zero-order chi connectivity index (χ0) is 23.5. The van der Waals surface area contributed by atoms with Gasteiger partial charge in [0.15, 0.2) is 0 Å². The van der Waals surface area contributed by atoms with Crippen LogP contribution < -0.4 is 10.5 Å². The summed E-state index contributed by atoms with van der Waals surface area (Å²) >= 11 is 0. The van der Waals surface area contributed by atoms with Gasteiger partial charge in [0.25, 0.3) is 0 Å². The van der Waals surface area contributed by atoms with Crippen LogP contribution in [0.2, 0.25) is 0 Å². The summed E-state index contributed by atoms with van der Waals surface area (Å²) in [6.07, 6.45) is 14.2. The van der Waals surface area contributed by atoms with Crippen molar-refractivity contribution in [3.63, 3.8) is 0 Å². The minimum absolute atomic E-state index is 0.00671. The SMILES string of the molecule is CCc1c(-c2ccc(O)nc2)cnc(N)c1-c1ccc(OCC2CC(CC3CCCC3)C2)cc1. The highest BCUT2D eigenvalue weighted by atomic mass is 16.5. The summed E-state index contributed by atoms with van der Waals surface area (Å²) in [6.45, 7) is 2.93. The largest absolute Gasteiger partial charge is 0.493 e. The van der Waals surface area contributed by atoms with Crippen LogP contribution in [-0.4, -0.2) is 21.7 Å². The van der Waals surface area contributed by atoms with Crippen LogP contribution in [0.15, 0.2) is 48.8 Å². The van der Waals surface area contributed by atoms with Gasteiger partial charge in [-0.1, -0.05) is 44.7 Å². The standard InChI is InChI=1S/C29H35N3O2/c1-2-25-26(23-9-12-27(33)31-16-23)17-32-29(30)28(25)22-7-10-24(11-8-22)34-18-21-14-20(15-21)13-19-5-3-4-6-19/h7-12,16-17,19-21H,2-6,13-15,18H2,1H3,(H2,30,32)(H,31,33). The lowest BCUT2D eigenvalue weighted by molar-refractivity contribution is 0.102. The molecule has 2 saturated carbocycles. The van der Waals surface area contributed by atoms with E-state index >= 15 is 0 Å². The Balaban J connectivity index is 1.24. The van der Waals surface area contributed by atoms with Gasteiger partial charge in [0, 0.05) is 35.2 Å².